The van der Waals surface area contributed by atoms with Gasteiger partial charge >= 0.3 is 0 Å². The third-order valence-electron chi connectivity index (χ3n) is 6.21. The van der Waals surface area contributed by atoms with E-state index in [2.05, 4.69) is 17.5 Å². The largest absolute Gasteiger partial charge is 0.495 e. The van der Waals surface area contributed by atoms with Gasteiger partial charge in [-0.25, -0.2) is 0 Å². The number of nitrogens with zero attached hydrogens (tertiary/aromatic N) is 1. The van der Waals surface area contributed by atoms with Gasteiger partial charge in [-0.1, -0.05) is 24.3 Å². The Hall–Kier alpha value is -3.41. The van der Waals surface area contributed by atoms with Crippen LogP contribution in [-0.2, 0) is 9.59 Å². The zero-order valence-corrected chi connectivity index (χ0v) is 15.9. The first kappa shape index (κ1) is 17.7. The minimum absolute atomic E-state index is 0.122. The highest BCUT2D eigenvalue weighted by atomic mass is 16.5. The molecule has 6 nitrogen and oxygen atoms in total. The number of fused-ring (bicyclic) bond motifs is 5. The summed E-state index contributed by atoms with van der Waals surface area (Å²) in [6.07, 6.45) is 5.06. The lowest BCUT2D eigenvalue weighted by Crippen LogP contribution is -2.32. The Bertz CT molecular complexity index is 1010. The van der Waals surface area contributed by atoms with Gasteiger partial charge < -0.3 is 10.1 Å². The van der Waals surface area contributed by atoms with Crippen LogP contribution >= 0.6 is 0 Å². The fraction of sp³-hybridized carbons (Fsp3) is 0.261. The van der Waals surface area contributed by atoms with Crippen LogP contribution in [0.25, 0.3) is 0 Å². The predicted molar refractivity (Wildman–Crippen MR) is 108 cm³/mol. The average Bonchev–Trinajstić information content (AvgIpc) is 3.42. The summed E-state index contributed by atoms with van der Waals surface area (Å²) in [5, 5.41) is 2.82. The minimum Gasteiger partial charge on any atom is -0.495 e. The van der Waals surface area contributed by atoms with Crippen molar-refractivity contribution >= 4 is 29.1 Å². The van der Waals surface area contributed by atoms with Gasteiger partial charge in [-0.15, -0.1) is 0 Å². The highest BCUT2D eigenvalue weighted by Gasteiger charge is 2.59. The molecule has 6 heteroatoms. The quantitative estimate of drug-likeness (QED) is 0.644. The van der Waals surface area contributed by atoms with Crippen molar-refractivity contribution in [3.8, 4) is 5.75 Å². The molecule has 1 saturated heterocycles. The number of amides is 3. The number of allylic oxidation sites excluding steroid dienone is 2. The maximum atomic E-state index is 12.9. The molecule has 3 aliphatic rings. The van der Waals surface area contributed by atoms with Crippen molar-refractivity contribution in [2.45, 2.75) is 6.42 Å². The van der Waals surface area contributed by atoms with Gasteiger partial charge in [0.25, 0.3) is 5.91 Å². The van der Waals surface area contributed by atoms with Crippen LogP contribution in [0.1, 0.15) is 16.8 Å². The molecule has 0 aromatic heterocycles. The topological polar surface area (TPSA) is 75.7 Å². The fourth-order valence-corrected chi connectivity index (χ4v) is 4.86. The molecular weight excluding hydrogens is 368 g/mol. The van der Waals surface area contributed by atoms with Crippen molar-refractivity contribution in [3.05, 3.63) is 66.2 Å². The molecule has 1 heterocycles. The van der Waals surface area contributed by atoms with Crippen molar-refractivity contribution in [2.75, 3.05) is 17.3 Å². The highest BCUT2D eigenvalue weighted by Crippen LogP contribution is 2.53. The number of methoxy groups -OCH3 is 1. The molecule has 3 amide bonds. The summed E-state index contributed by atoms with van der Waals surface area (Å²) in [5.74, 6) is -0.0716. The van der Waals surface area contributed by atoms with Gasteiger partial charge in [0.05, 0.1) is 30.3 Å². The number of benzene rings is 2. The molecule has 2 aliphatic carbocycles. The number of ether oxygens (including phenoxy) is 1. The van der Waals surface area contributed by atoms with Crippen LogP contribution < -0.4 is 15.0 Å². The Labute approximate surface area is 168 Å². The van der Waals surface area contributed by atoms with Crippen LogP contribution in [0.5, 0.6) is 5.75 Å². The fourth-order valence-electron chi connectivity index (χ4n) is 4.86. The molecule has 1 aliphatic heterocycles. The Morgan fingerprint density at radius 1 is 0.966 bits per heavy atom. The van der Waals surface area contributed by atoms with Crippen molar-refractivity contribution in [1.82, 2.24) is 0 Å². The van der Waals surface area contributed by atoms with E-state index in [1.54, 1.807) is 43.5 Å². The Morgan fingerprint density at radius 2 is 1.59 bits per heavy atom. The van der Waals surface area contributed by atoms with E-state index in [4.69, 9.17) is 4.74 Å². The monoisotopic (exact) mass is 388 g/mol. The standard InChI is InChI=1S/C23H20N2O4/c1-29-18-5-3-2-4-17(18)24-21(26)13-8-10-16(11-9-13)25-22(27)19-14-6-7-15(12-14)20(19)23(25)28/h2-11,14-15,19-20H,12H2,1H3,(H,24,26)/t14-,15-,19+,20+/m0/s1. The normalized spacial score (nSPS) is 26.7. The summed E-state index contributed by atoms with van der Waals surface area (Å²) in [4.78, 5) is 39.7. The van der Waals surface area contributed by atoms with Crippen molar-refractivity contribution < 1.29 is 19.1 Å². The lowest BCUT2D eigenvalue weighted by molar-refractivity contribution is -0.123. The Balaban J connectivity index is 1.35. The molecule has 0 spiro atoms. The summed E-state index contributed by atoms with van der Waals surface area (Å²) in [7, 11) is 1.54. The summed E-state index contributed by atoms with van der Waals surface area (Å²) in [5.41, 5.74) is 1.52. The number of hydrogen-bond acceptors (Lipinski definition) is 4. The number of rotatable bonds is 4. The molecule has 1 saturated carbocycles. The first-order chi connectivity index (χ1) is 14.1. The maximum absolute atomic E-state index is 12.9. The molecule has 2 aromatic rings. The van der Waals surface area contributed by atoms with Crippen LogP contribution in [0.4, 0.5) is 11.4 Å². The highest BCUT2D eigenvalue weighted by molar-refractivity contribution is 6.23. The van der Waals surface area contributed by atoms with Gasteiger partial charge in [-0.3, -0.25) is 19.3 Å². The van der Waals surface area contributed by atoms with Crippen LogP contribution in [0.2, 0.25) is 0 Å². The Morgan fingerprint density at radius 3 is 2.21 bits per heavy atom. The van der Waals surface area contributed by atoms with Gasteiger partial charge in [0, 0.05) is 5.56 Å². The molecule has 4 atom stereocenters. The molecule has 29 heavy (non-hydrogen) atoms. The van der Waals surface area contributed by atoms with Crippen LogP contribution in [0.3, 0.4) is 0 Å². The van der Waals surface area contributed by atoms with E-state index >= 15 is 0 Å². The van der Waals surface area contributed by atoms with Gasteiger partial charge in [0.15, 0.2) is 0 Å². The van der Waals surface area contributed by atoms with Gasteiger partial charge in [0.2, 0.25) is 11.8 Å². The van der Waals surface area contributed by atoms with E-state index in [0.29, 0.717) is 22.7 Å². The van der Waals surface area contributed by atoms with Gasteiger partial charge in [-0.2, -0.15) is 0 Å². The zero-order valence-electron chi connectivity index (χ0n) is 15.9. The van der Waals surface area contributed by atoms with E-state index in [-0.39, 0.29) is 41.4 Å². The van der Waals surface area contributed by atoms with Crippen LogP contribution in [0.15, 0.2) is 60.7 Å². The Kier molecular flexibility index (Phi) is 4.01. The van der Waals surface area contributed by atoms with Crippen LogP contribution in [-0.4, -0.2) is 24.8 Å². The van der Waals surface area contributed by atoms with Crippen molar-refractivity contribution in [1.29, 1.82) is 0 Å². The molecule has 0 radical (unpaired) electrons. The average molecular weight is 388 g/mol. The van der Waals surface area contributed by atoms with E-state index in [1.807, 2.05) is 12.1 Å². The van der Waals surface area contributed by atoms with Gasteiger partial charge in [0.1, 0.15) is 5.75 Å². The second kappa shape index (κ2) is 6.58. The summed E-state index contributed by atoms with van der Waals surface area (Å²) >= 11 is 0. The molecular formula is C23H20N2O4. The number of carbonyl (C=O) groups excluding carboxylic acids is 3. The third-order valence-corrected chi connectivity index (χ3v) is 6.21. The summed E-state index contributed by atoms with van der Waals surface area (Å²) in [6.45, 7) is 0. The summed E-state index contributed by atoms with van der Waals surface area (Å²) < 4.78 is 5.25. The van der Waals surface area contributed by atoms with Crippen molar-refractivity contribution in [2.24, 2.45) is 23.7 Å². The molecule has 2 aromatic carbocycles. The van der Waals surface area contributed by atoms with E-state index < -0.39 is 0 Å². The molecule has 1 N–H and O–H groups in total. The number of anilines is 2. The lowest BCUT2D eigenvalue weighted by atomic mass is 9.85. The molecule has 2 fully saturated rings. The molecule has 2 bridgehead atoms. The number of para-hydroxylation sites is 2. The first-order valence-corrected chi connectivity index (χ1v) is 9.69. The van der Waals surface area contributed by atoms with Crippen LogP contribution in [0, 0.1) is 23.7 Å². The second-order valence-corrected chi connectivity index (χ2v) is 7.71. The molecule has 0 unspecified atom stereocenters. The number of hydrogen-bond donors (Lipinski definition) is 1. The lowest BCUT2D eigenvalue weighted by Gasteiger charge is -2.17. The van der Waals surface area contributed by atoms with E-state index in [1.165, 1.54) is 4.90 Å². The smallest absolute Gasteiger partial charge is 0.255 e. The number of imide groups is 1. The predicted octanol–water partition coefficient (Wildman–Crippen LogP) is 3.26. The summed E-state index contributed by atoms with van der Waals surface area (Å²) in [6, 6.07) is 13.7. The van der Waals surface area contributed by atoms with E-state index in [0.717, 1.165) is 6.42 Å². The van der Waals surface area contributed by atoms with E-state index in [9.17, 15) is 14.4 Å². The SMILES string of the molecule is COc1ccccc1NC(=O)c1ccc(N2C(=O)[C@H]3[C@H](C2=O)[C@H]2C=C[C@H]3C2)cc1. The maximum Gasteiger partial charge on any atom is 0.255 e. The van der Waals surface area contributed by atoms with Crippen molar-refractivity contribution in [3.63, 3.8) is 0 Å². The minimum atomic E-state index is -0.292. The number of nitrogens with one attached hydrogen (secondary N) is 1. The first-order valence-electron chi connectivity index (χ1n) is 9.69. The molecule has 146 valence electrons. The molecule has 5 rings (SSSR count). The number of carbonyl (C=O) groups is 3. The second-order valence-electron chi connectivity index (χ2n) is 7.71. The zero-order chi connectivity index (χ0) is 20.1. The van der Waals surface area contributed by atoms with Gasteiger partial charge in [-0.05, 0) is 54.7 Å². The third kappa shape index (κ3) is 2.67.